The number of fused-ring (bicyclic) bond motifs is 5. The van der Waals surface area contributed by atoms with Crippen molar-refractivity contribution in [3.05, 3.63) is 115 Å². The minimum absolute atomic E-state index is 0.0692. The Morgan fingerprint density at radius 3 is 1.57 bits per heavy atom. The first-order valence-electron chi connectivity index (χ1n) is 24.6. The van der Waals surface area contributed by atoms with E-state index in [1.807, 2.05) is 12.1 Å². The average molecular weight is 857 g/mol. The first-order chi connectivity index (χ1) is 29.2. The van der Waals surface area contributed by atoms with Crippen LogP contribution >= 0.6 is 0 Å². The number of rotatable bonds is 9. The van der Waals surface area contributed by atoms with Gasteiger partial charge in [0, 0.05) is 5.92 Å². The van der Waals surface area contributed by atoms with Gasteiger partial charge in [-0.3, -0.25) is 0 Å². The third-order valence-electron chi connectivity index (χ3n) is 15.4. The highest BCUT2D eigenvalue weighted by Crippen LogP contribution is 2.68. The molecule has 0 heterocycles. The maximum absolute atomic E-state index is 11.4. The van der Waals surface area contributed by atoms with Crippen molar-refractivity contribution in [3.63, 3.8) is 0 Å². The van der Waals surface area contributed by atoms with E-state index in [1.54, 1.807) is 0 Å². The van der Waals surface area contributed by atoms with Crippen LogP contribution in [0.15, 0.2) is 48.5 Å². The largest absolute Gasteiger partial charge is 0.508 e. The van der Waals surface area contributed by atoms with Crippen LogP contribution in [0.4, 0.5) is 0 Å². The Balaban J connectivity index is 0.000000213. The van der Waals surface area contributed by atoms with Crippen LogP contribution in [0.5, 0.6) is 23.0 Å². The molecule has 0 saturated heterocycles. The Morgan fingerprint density at radius 2 is 1.08 bits per heavy atom. The lowest BCUT2D eigenvalue weighted by atomic mass is 9.68. The van der Waals surface area contributed by atoms with E-state index in [0.29, 0.717) is 52.6 Å². The van der Waals surface area contributed by atoms with Gasteiger partial charge in [-0.05, 0) is 192 Å². The van der Waals surface area contributed by atoms with Gasteiger partial charge in [0.25, 0.3) is 0 Å². The smallest absolute Gasteiger partial charge is 0.122 e. The van der Waals surface area contributed by atoms with Crippen molar-refractivity contribution < 1.29 is 20.4 Å². The predicted octanol–water partition coefficient (Wildman–Crippen LogP) is 15.8. The zero-order valence-electron chi connectivity index (χ0n) is 42.2. The minimum atomic E-state index is -0.123. The van der Waals surface area contributed by atoms with Gasteiger partial charge in [0.15, 0.2) is 0 Å². The highest BCUT2D eigenvalue weighted by molar-refractivity contribution is 5.54. The fourth-order valence-electron chi connectivity index (χ4n) is 12.5. The van der Waals surface area contributed by atoms with E-state index < -0.39 is 0 Å². The molecule has 3 aliphatic carbocycles. The Bertz CT molecular complexity index is 2200. The van der Waals surface area contributed by atoms with E-state index in [2.05, 4.69) is 147 Å². The number of benzene rings is 4. The fraction of sp³-hybridized carbons (Fsp3) is 0.593. The van der Waals surface area contributed by atoms with E-state index in [1.165, 1.54) is 59.1 Å². The summed E-state index contributed by atoms with van der Waals surface area (Å²) in [5, 5.41) is 44.0. The Kier molecular flexibility index (Phi) is 14.0. The minimum Gasteiger partial charge on any atom is -0.508 e. The monoisotopic (exact) mass is 857 g/mol. The first-order valence-corrected chi connectivity index (χ1v) is 24.6. The molecule has 0 spiro atoms. The van der Waals surface area contributed by atoms with Crippen molar-refractivity contribution in [2.45, 2.75) is 196 Å². The molecule has 7 rings (SSSR count). The molecule has 4 nitrogen and oxygen atoms in total. The normalized spacial score (nSPS) is 22.2. The molecule has 4 aromatic carbocycles. The lowest BCUT2D eigenvalue weighted by molar-refractivity contribution is 0.213. The maximum Gasteiger partial charge on any atom is 0.122 e. The van der Waals surface area contributed by atoms with Crippen molar-refractivity contribution in [2.24, 2.45) is 29.6 Å². The molecule has 0 aromatic heterocycles. The number of hydrogen-bond acceptors (Lipinski definition) is 4. The number of aromatic hydroxyl groups is 4. The van der Waals surface area contributed by atoms with Gasteiger partial charge in [-0.1, -0.05) is 143 Å². The molecular weight excluding hydrogens is 773 g/mol. The molecule has 4 N–H and O–H groups in total. The third kappa shape index (κ3) is 10.0. The molecule has 0 amide bonds. The summed E-state index contributed by atoms with van der Waals surface area (Å²) < 4.78 is 0. The summed E-state index contributed by atoms with van der Waals surface area (Å²) in [4.78, 5) is 0. The van der Waals surface area contributed by atoms with Gasteiger partial charge in [0.05, 0.1) is 0 Å². The number of aryl methyl sites for hydroxylation is 4. The zero-order valence-corrected chi connectivity index (χ0v) is 42.2. The second-order valence-corrected chi connectivity index (χ2v) is 24.0. The first kappa shape index (κ1) is 48.5. The number of phenols is 4. The van der Waals surface area contributed by atoms with E-state index in [4.69, 9.17) is 0 Å². The van der Waals surface area contributed by atoms with Crippen molar-refractivity contribution >= 4 is 0 Å². The van der Waals surface area contributed by atoms with Gasteiger partial charge in [-0.2, -0.15) is 0 Å². The Morgan fingerprint density at radius 1 is 0.571 bits per heavy atom. The second-order valence-electron chi connectivity index (χ2n) is 24.0. The van der Waals surface area contributed by atoms with E-state index >= 15 is 0 Å². The van der Waals surface area contributed by atoms with Crippen LogP contribution in [0, 0.1) is 57.3 Å². The summed E-state index contributed by atoms with van der Waals surface area (Å²) >= 11 is 0. The Hall–Kier alpha value is -3.92. The number of unbranched alkanes of at least 4 members (excludes halogenated alkanes) is 1. The van der Waals surface area contributed by atoms with Crippen LogP contribution < -0.4 is 0 Å². The number of phenolic OH excluding ortho intramolecular Hbond substituents is 4. The Labute approximate surface area is 383 Å². The molecule has 2 bridgehead atoms. The molecule has 6 unspecified atom stereocenters. The third-order valence-corrected chi connectivity index (χ3v) is 15.4. The molecule has 0 aliphatic heterocycles. The average Bonchev–Trinajstić information content (AvgIpc) is 3.88. The molecule has 0 radical (unpaired) electrons. The second kappa shape index (κ2) is 18.2. The van der Waals surface area contributed by atoms with Crippen LogP contribution in [0.25, 0.3) is 0 Å². The topological polar surface area (TPSA) is 80.9 Å². The molecule has 63 heavy (non-hydrogen) atoms. The fourth-order valence-corrected chi connectivity index (χ4v) is 12.5. The summed E-state index contributed by atoms with van der Waals surface area (Å²) in [7, 11) is 0. The lowest BCUT2D eigenvalue weighted by Gasteiger charge is -2.36. The molecule has 344 valence electrons. The van der Waals surface area contributed by atoms with Crippen LogP contribution in [0.1, 0.15) is 213 Å². The van der Waals surface area contributed by atoms with Crippen LogP contribution in [0.3, 0.4) is 0 Å². The van der Waals surface area contributed by atoms with Gasteiger partial charge >= 0.3 is 0 Å². The van der Waals surface area contributed by atoms with E-state index in [0.717, 1.165) is 70.9 Å². The lowest BCUT2D eigenvalue weighted by Crippen LogP contribution is -2.27. The summed E-state index contributed by atoms with van der Waals surface area (Å²) in [6.07, 6.45) is 9.27. The molecule has 6 atom stereocenters. The molecule has 3 aliphatic rings. The van der Waals surface area contributed by atoms with E-state index in [-0.39, 0.29) is 22.2 Å². The molecule has 3 fully saturated rings. The van der Waals surface area contributed by atoms with Crippen molar-refractivity contribution in [1.29, 1.82) is 0 Å². The zero-order chi connectivity index (χ0) is 46.7. The maximum atomic E-state index is 11.4. The van der Waals surface area contributed by atoms with Crippen molar-refractivity contribution in [3.8, 4) is 23.0 Å². The van der Waals surface area contributed by atoms with Gasteiger partial charge in [0.1, 0.15) is 23.0 Å². The van der Waals surface area contributed by atoms with E-state index in [9.17, 15) is 20.4 Å². The van der Waals surface area contributed by atoms with Crippen LogP contribution in [-0.4, -0.2) is 20.4 Å². The van der Waals surface area contributed by atoms with Crippen LogP contribution in [-0.2, 0) is 22.7 Å². The molecule has 4 aromatic rings. The highest BCUT2D eigenvalue weighted by Gasteiger charge is 2.58. The summed E-state index contributed by atoms with van der Waals surface area (Å²) in [6.45, 7) is 34.7. The van der Waals surface area contributed by atoms with Gasteiger partial charge in [-0.15, -0.1) is 0 Å². The predicted molar refractivity (Wildman–Crippen MR) is 265 cm³/mol. The standard InChI is InChI=1S/C32H44O2.C27H40O2/c1-17(2)10-21-11-18(3)12-27(30(21)33)24-15-20-16-25(24)29-22(20)8-9-23(29)26-13-19(4)14-28(31(26)34)32(5,6)7;1-10-11-12-19(20-15-22(26(4,5)6)24(28)13-17(20)2)21-16-23(27(7,8)9)25(29)14-18(21)3/h11-14,17,20,22-25,29,33-34H,8-10,15-16H2,1-7H3;13-16,19,28-29H,10-12H2,1-9H3. The molecular formula is C59H84O4. The molecule has 3 saturated carbocycles. The highest BCUT2D eigenvalue weighted by atomic mass is 16.3. The SMILES string of the molecule is CCCCC(c1cc(C(C)(C)C)c(O)cc1C)c1cc(C(C)(C)C)c(O)cc1C.Cc1cc(CC(C)C)c(O)c(C2CC3CC2C2C(c4cc(C)cc(C(C)(C)C)c4O)CCC32)c1. The van der Waals surface area contributed by atoms with Gasteiger partial charge < -0.3 is 20.4 Å². The van der Waals surface area contributed by atoms with Crippen molar-refractivity contribution in [1.82, 2.24) is 0 Å². The summed E-state index contributed by atoms with van der Waals surface area (Å²) in [5.74, 6) is 6.33. The summed E-state index contributed by atoms with van der Waals surface area (Å²) in [6, 6.07) is 17.2. The van der Waals surface area contributed by atoms with Crippen molar-refractivity contribution in [2.75, 3.05) is 0 Å². The molecule has 4 heteroatoms. The number of hydrogen-bond donors (Lipinski definition) is 4. The van der Waals surface area contributed by atoms with Gasteiger partial charge in [0.2, 0.25) is 0 Å². The van der Waals surface area contributed by atoms with Crippen LogP contribution in [0.2, 0.25) is 0 Å². The summed E-state index contributed by atoms with van der Waals surface area (Å²) in [5.41, 5.74) is 13.6. The van der Waals surface area contributed by atoms with Gasteiger partial charge in [-0.25, -0.2) is 0 Å². The quantitative estimate of drug-likeness (QED) is 0.135.